The van der Waals surface area contributed by atoms with Gasteiger partial charge in [-0.1, -0.05) is 36.4 Å². The van der Waals surface area contributed by atoms with Crippen LogP contribution < -0.4 is 5.32 Å². The maximum absolute atomic E-state index is 4.56. The fourth-order valence-corrected chi connectivity index (χ4v) is 3.62. The van der Waals surface area contributed by atoms with E-state index in [0.717, 1.165) is 41.1 Å². The monoisotopic (exact) mass is 368 g/mol. The average Bonchev–Trinajstić information content (AvgIpc) is 3.34. The van der Waals surface area contributed by atoms with Crippen molar-refractivity contribution in [3.8, 4) is 5.69 Å². The lowest BCUT2D eigenvalue weighted by Crippen LogP contribution is -2.07. The van der Waals surface area contributed by atoms with Gasteiger partial charge in [0, 0.05) is 23.6 Å². The van der Waals surface area contributed by atoms with E-state index in [4.69, 9.17) is 0 Å². The van der Waals surface area contributed by atoms with Crippen LogP contribution in [0, 0.1) is 6.92 Å². The Morgan fingerprint density at radius 1 is 1.00 bits per heavy atom. The summed E-state index contributed by atoms with van der Waals surface area (Å²) in [4.78, 5) is 12.2. The summed E-state index contributed by atoms with van der Waals surface area (Å²) >= 11 is 0. The number of aryl methyl sites for hydroxylation is 1. The Kier molecular flexibility index (Phi) is 4.01. The molecule has 0 amide bonds. The molecule has 0 fully saturated rings. The maximum atomic E-state index is 4.56. The summed E-state index contributed by atoms with van der Waals surface area (Å²) < 4.78 is 1.87. The summed E-state index contributed by atoms with van der Waals surface area (Å²) in [5.74, 6) is 0.810. The highest BCUT2D eigenvalue weighted by atomic mass is 15.3. The molecule has 3 heterocycles. The molecule has 138 valence electrons. The van der Waals surface area contributed by atoms with Gasteiger partial charge in [-0.15, -0.1) is 0 Å². The zero-order valence-corrected chi connectivity index (χ0v) is 15.6. The van der Waals surface area contributed by atoms with E-state index < -0.39 is 0 Å². The first-order chi connectivity index (χ1) is 13.8. The first-order valence-corrected chi connectivity index (χ1v) is 9.35. The van der Waals surface area contributed by atoms with E-state index in [0.29, 0.717) is 0 Å². The van der Waals surface area contributed by atoms with Crippen molar-refractivity contribution in [1.82, 2.24) is 24.7 Å². The van der Waals surface area contributed by atoms with E-state index in [1.807, 2.05) is 35.1 Å². The molecule has 3 aromatic heterocycles. The van der Waals surface area contributed by atoms with E-state index in [2.05, 4.69) is 62.8 Å². The van der Waals surface area contributed by atoms with Crippen LogP contribution in [0.15, 0.2) is 67.3 Å². The number of aromatic nitrogens is 5. The number of rotatable bonds is 5. The smallest absolute Gasteiger partial charge is 0.168 e. The van der Waals surface area contributed by atoms with E-state index in [1.165, 1.54) is 16.5 Å². The molecule has 0 saturated heterocycles. The number of anilines is 1. The van der Waals surface area contributed by atoms with Crippen LogP contribution in [-0.4, -0.2) is 31.3 Å². The van der Waals surface area contributed by atoms with E-state index in [1.54, 1.807) is 6.33 Å². The van der Waals surface area contributed by atoms with Gasteiger partial charge < -0.3 is 10.3 Å². The van der Waals surface area contributed by atoms with Crippen LogP contribution in [0.2, 0.25) is 0 Å². The number of nitrogens with zero attached hydrogens (tertiary/aromatic N) is 4. The molecule has 0 saturated carbocycles. The Morgan fingerprint density at radius 3 is 2.79 bits per heavy atom. The van der Waals surface area contributed by atoms with Gasteiger partial charge in [0.1, 0.15) is 12.1 Å². The summed E-state index contributed by atoms with van der Waals surface area (Å²) in [5, 5.41) is 10.2. The first-order valence-electron chi connectivity index (χ1n) is 9.35. The second kappa shape index (κ2) is 6.81. The summed E-state index contributed by atoms with van der Waals surface area (Å²) in [5.41, 5.74) is 5.45. The van der Waals surface area contributed by atoms with Gasteiger partial charge in [0.15, 0.2) is 5.65 Å². The predicted molar refractivity (Wildman–Crippen MR) is 112 cm³/mol. The number of hydrogen-bond donors (Lipinski definition) is 2. The molecule has 0 atom stereocenters. The standard InChI is InChI=1S/C22H20N6/c1-15-6-2-5-9-20(15)28-22-18(13-27-28)21(25-14-26-22)23-11-10-16-12-24-19-8-4-3-7-17(16)19/h2-9,12-14,24H,10-11H2,1H3,(H,23,25,26). The van der Waals surface area contributed by atoms with Crippen LogP contribution in [0.5, 0.6) is 0 Å². The highest BCUT2D eigenvalue weighted by Gasteiger charge is 2.12. The highest BCUT2D eigenvalue weighted by Crippen LogP contribution is 2.23. The van der Waals surface area contributed by atoms with Crippen molar-refractivity contribution < 1.29 is 0 Å². The zero-order chi connectivity index (χ0) is 18.9. The lowest BCUT2D eigenvalue weighted by atomic mass is 10.1. The van der Waals surface area contributed by atoms with E-state index in [9.17, 15) is 0 Å². The summed E-state index contributed by atoms with van der Waals surface area (Å²) in [6, 6.07) is 16.5. The van der Waals surface area contributed by atoms with Gasteiger partial charge in [-0.2, -0.15) is 5.10 Å². The van der Waals surface area contributed by atoms with Crippen LogP contribution in [0.3, 0.4) is 0 Å². The summed E-state index contributed by atoms with van der Waals surface area (Å²) in [7, 11) is 0. The van der Waals surface area contributed by atoms with Crippen LogP contribution in [0.1, 0.15) is 11.1 Å². The molecule has 0 spiro atoms. The minimum Gasteiger partial charge on any atom is -0.369 e. The van der Waals surface area contributed by atoms with Gasteiger partial charge in [0.05, 0.1) is 17.3 Å². The SMILES string of the molecule is Cc1ccccc1-n1ncc2c(NCCc3c[nH]c4ccccc34)ncnc21. The summed E-state index contributed by atoms with van der Waals surface area (Å²) in [6.07, 6.45) is 6.40. The minimum atomic E-state index is 0.781. The van der Waals surface area contributed by atoms with Gasteiger partial charge in [0.25, 0.3) is 0 Å². The molecule has 2 N–H and O–H groups in total. The quantitative estimate of drug-likeness (QED) is 0.486. The maximum Gasteiger partial charge on any atom is 0.168 e. The molecule has 0 radical (unpaired) electrons. The fraction of sp³-hybridized carbons (Fsp3) is 0.136. The second-order valence-electron chi connectivity index (χ2n) is 6.84. The molecular weight excluding hydrogens is 348 g/mol. The molecule has 6 heteroatoms. The molecular formula is C22H20N6. The largest absolute Gasteiger partial charge is 0.369 e. The first kappa shape index (κ1) is 16.5. The number of hydrogen-bond acceptors (Lipinski definition) is 4. The Hall–Kier alpha value is -3.67. The Balaban J connectivity index is 1.40. The molecule has 0 bridgehead atoms. The van der Waals surface area contributed by atoms with Gasteiger partial charge >= 0.3 is 0 Å². The van der Waals surface area contributed by atoms with Crippen LogP contribution >= 0.6 is 0 Å². The number of nitrogens with one attached hydrogen (secondary N) is 2. The van der Waals surface area contributed by atoms with Crippen LogP contribution in [-0.2, 0) is 6.42 Å². The molecule has 5 rings (SSSR count). The Labute approximate surface area is 162 Å². The number of H-pyrrole nitrogens is 1. The minimum absolute atomic E-state index is 0.781. The normalized spacial score (nSPS) is 11.3. The fourth-order valence-electron chi connectivity index (χ4n) is 3.62. The molecule has 0 aliphatic rings. The molecule has 5 aromatic rings. The van der Waals surface area contributed by atoms with Crippen molar-refractivity contribution in [3.05, 3.63) is 78.4 Å². The topological polar surface area (TPSA) is 71.4 Å². The molecule has 0 aliphatic carbocycles. The lowest BCUT2D eigenvalue weighted by Gasteiger charge is -2.08. The molecule has 0 unspecified atom stereocenters. The lowest BCUT2D eigenvalue weighted by molar-refractivity contribution is 0.887. The second-order valence-corrected chi connectivity index (χ2v) is 6.84. The predicted octanol–water partition coefficient (Wildman–Crippen LogP) is 4.26. The van der Waals surface area contributed by atoms with Gasteiger partial charge in [-0.05, 0) is 36.6 Å². The highest BCUT2D eigenvalue weighted by molar-refractivity contribution is 5.87. The number of fused-ring (bicyclic) bond motifs is 2. The molecule has 6 nitrogen and oxygen atoms in total. The van der Waals surface area contributed by atoms with E-state index in [-0.39, 0.29) is 0 Å². The third kappa shape index (κ3) is 2.79. The molecule has 2 aromatic carbocycles. The van der Waals surface area contributed by atoms with Crippen molar-refractivity contribution in [2.75, 3.05) is 11.9 Å². The van der Waals surface area contributed by atoms with Crippen molar-refractivity contribution in [2.24, 2.45) is 0 Å². The number of para-hydroxylation sites is 2. The van der Waals surface area contributed by atoms with E-state index >= 15 is 0 Å². The number of aromatic amines is 1. The van der Waals surface area contributed by atoms with Crippen molar-refractivity contribution >= 4 is 27.8 Å². The van der Waals surface area contributed by atoms with Crippen molar-refractivity contribution in [3.63, 3.8) is 0 Å². The average molecular weight is 368 g/mol. The molecule has 28 heavy (non-hydrogen) atoms. The van der Waals surface area contributed by atoms with Crippen LogP contribution in [0.4, 0.5) is 5.82 Å². The third-order valence-corrected chi connectivity index (χ3v) is 5.07. The number of benzene rings is 2. The van der Waals surface area contributed by atoms with Crippen LogP contribution in [0.25, 0.3) is 27.6 Å². The Morgan fingerprint density at radius 2 is 1.86 bits per heavy atom. The molecule has 0 aliphatic heterocycles. The third-order valence-electron chi connectivity index (χ3n) is 5.07. The summed E-state index contributed by atoms with van der Waals surface area (Å²) in [6.45, 7) is 2.86. The van der Waals surface area contributed by atoms with Gasteiger partial charge in [-0.25, -0.2) is 14.6 Å². The van der Waals surface area contributed by atoms with Crippen molar-refractivity contribution in [2.45, 2.75) is 13.3 Å². The van der Waals surface area contributed by atoms with Crippen molar-refractivity contribution in [1.29, 1.82) is 0 Å². The van der Waals surface area contributed by atoms with Gasteiger partial charge in [0.2, 0.25) is 0 Å². The van der Waals surface area contributed by atoms with Gasteiger partial charge in [-0.3, -0.25) is 0 Å². The Bertz CT molecular complexity index is 1270. The zero-order valence-electron chi connectivity index (χ0n) is 15.6.